The minimum absolute atomic E-state index is 0.243. The summed E-state index contributed by atoms with van der Waals surface area (Å²) in [6, 6.07) is 9.62. The standard InChI is InChI=1S/C21H19BrN4O3.C2H4O2/c22-12-2-3-17-13(8-12)14(11-26(17)5-1-4-23)20-21(27)25-16-10-19-18(9-15(16)24-20)28-6-7-29-19;1-2(3)4/h2-3,8-11H,1,4-7,23H2,(H,25,27);1H3,(H,3,4). The number of carboxylic acid groups (broad SMARTS) is 1. The van der Waals surface area contributed by atoms with Gasteiger partial charge in [-0.15, -0.1) is 0 Å². The molecule has 4 aromatic rings. The summed E-state index contributed by atoms with van der Waals surface area (Å²) in [7, 11) is 0. The SMILES string of the molecule is CC(=O)O.NCCCn1cc(-c2nc3cc4c(cc3[nH]c2=O)OCCO4)c2cc(Br)ccc21. The number of ether oxygens (including phenoxy) is 2. The molecule has 3 heterocycles. The fourth-order valence-corrected chi connectivity index (χ4v) is 4.07. The number of aliphatic carboxylic acids is 1. The summed E-state index contributed by atoms with van der Waals surface area (Å²) in [5.74, 6) is 0.429. The molecule has 0 aliphatic carbocycles. The van der Waals surface area contributed by atoms with Crippen molar-refractivity contribution in [2.75, 3.05) is 19.8 Å². The van der Waals surface area contributed by atoms with Crippen molar-refractivity contribution in [3.63, 3.8) is 0 Å². The summed E-state index contributed by atoms with van der Waals surface area (Å²) in [6.07, 6.45) is 2.83. The predicted octanol–water partition coefficient (Wildman–Crippen LogP) is 3.52. The van der Waals surface area contributed by atoms with Gasteiger partial charge in [0.05, 0.1) is 11.0 Å². The van der Waals surface area contributed by atoms with Crippen LogP contribution in [0.1, 0.15) is 13.3 Å². The summed E-state index contributed by atoms with van der Waals surface area (Å²) in [5, 5.41) is 8.38. The maximum Gasteiger partial charge on any atom is 0.300 e. The third-order valence-corrected chi connectivity index (χ3v) is 5.55. The lowest BCUT2D eigenvalue weighted by atomic mass is 10.1. The van der Waals surface area contributed by atoms with Crippen LogP contribution in [0.2, 0.25) is 0 Å². The molecule has 0 fully saturated rings. The molecular weight excluding hydrogens is 492 g/mol. The van der Waals surface area contributed by atoms with E-state index in [4.69, 9.17) is 30.1 Å². The van der Waals surface area contributed by atoms with E-state index in [9.17, 15) is 4.79 Å². The Hall–Kier alpha value is -3.37. The summed E-state index contributed by atoms with van der Waals surface area (Å²) in [4.78, 5) is 29.6. The van der Waals surface area contributed by atoms with Crippen LogP contribution in [0, 0.1) is 0 Å². The van der Waals surface area contributed by atoms with Crippen LogP contribution >= 0.6 is 15.9 Å². The number of aryl methyl sites for hydroxylation is 1. The first-order valence-corrected chi connectivity index (χ1v) is 11.2. The number of nitrogens with zero attached hydrogens (tertiary/aromatic N) is 2. The Morgan fingerprint density at radius 3 is 2.64 bits per heavy atom. The fraction of sp³-hybridized carbons (Fsp3) is 0.261. The Labute approximate surface area is 197 Å². The van der Waals surface area contributed by atoms with Crippen LogP contribution in [-0.2, 0) is 11.3 Å². The number of hydrogen-bond acceptors (Lipinski definition) is 6. The summed E-state index contributed by atoms with van der Waals surface area (Å²) in [6.45, 7) is 3.45. The summed E-state index contributed by atoms with van der Waals surface area (Å²) in [5.41, 5.74) is 8.94. The lowest BCUT2D eigenvalue weighted by molar-refractivity contribution is -0.134. The molecule has 0 bridgehead atoms. The number of hydrogen-bond donors (Lipinski definition) is 3. The number of aromatic nitrogens is 3. The van der Waals surface area contributed by atoms with E-state index in [1.54, 1.807) is 6.07 Å². The topological polar surface area (TPSA) is 132 Å². The van der Waals surface area contributed by atoms with Crippen molar-refractivity contribution in [3.05, 3.63) is 51.4 Å². The average molecular weight is 515 g/mol. The highest BCUT2D eigenvalue weighted by Crippen LogP contribution is 2.35. The van der Waals surface area contributed by atoms with Gasteiger partial charge in [-0.25, -0.2) is 4.98 Å². The van der Waals surface area contributed by atoms with Crippen LogP contribution in [0.5, 0.6) is 11.5 Å². The second kappa shape index (κ2) is 9.63. The molecular formula is C23H23BrN4O5. The Bertz CT molecular complexity index is 1390. The van der Waals surface area contributed by atoms with Crippen molar-refractivity contribution >= 4 is 43.8 Å². The van der Waals surface area contributed by atoms with Gasteiger partial charge in [-0.05, 0) is 31.2 Å². The van der Waals surface area contributed by atoms with Crippen molar-refractivity contribution in [2.24, 2.45) is 5.73 Å². The zero-order chi connectivity index (χ0) is 23.5. The molecule has 9 nitrogen and oxygen atoms in total. The molecule has 0 radical (unpaired) electrons. The highest BCUT2D eigenvalue weighted by molar-refractivity contribution is 9.10. The first-order valence-electron chi connectivity index (χ1n) is 10.4. The van der Waals surface area contributed by atoms with Gasteiger partial charge in [0.1, 0.15) is 18.9 Å². The second-order valence-electron chi connectivity index (χ2n) is 7.49. The lowest BCUT2D eigenvalue weighted by Gasteiger charge is -2.18. The number of carbonyl (C=O) groups is 1. The van der Waals surface area contributed by atoms with Crippen molar-refractivity contribution in [3.8, 4) is 22.8 Å². The minimum Gasteiger partial charge on any atom is -0.486 e. The van der Waals surface area contributed by atoms with Crippen LogP contribution in [0.15, 0.2) is 45.8 Å². The number of rotatable bonds is 4. The zero-order valence-corrected chi connectivity index (χ0v) is 19.5. The van der Waals surface area contributed by atoms with E-state index in [-0.39, 0.29) is 5.56 Å². The lowest BCUT2D eigenvalue weighted by Crippen LogP contribution is -2.16. The van der Waals surface area contributed by atoms with Gasteiger partial charge in [-0.2, -0.15) is 0 Å². The van der Waals surface area contributed by atoms with Crippen molar-refractivity contribution in [2.45, 2.75) is 19.9 Å². The minimum atomic E-state index is -0.833. The first-order chi connectivity index (χ1) is 15.9. The van der Waals surface area contributed by atoms with Gasteiger partial charge in [0, 0.05) is 52.7 Å². The van der Waals surface area contributed by atoms with Gasteiger partial charge in [0.15, 0.2) is 11.5 Å². The van der Waals surface area contributed by atoms with Crippen LogP contribution in [0.25, 0.3) is 33.2 Å². The van der Waals surface area contributed by atoms with Gasteiger partial charge in [0.25, 0.3) is 11.5 Å². The van der Waals surface area contributed by atoms with Gasteiger partial charge < -0.3 is 29.9 Å². The summed E-state index contributed by atoms with van der Waals surface area (Å²) >= 11 is 3.53. The maximum absolute atomic E-state index is 12.9. The van der Waals surface area contributed by atoms with E-state index >= 15 is 0 Å². The third-order valence-electron chi connectivity index (χ3n) is 5.06. The van der Waals surface area contributed by atoms with Crippen molar-refractivity contribution in [1.82, 2.24) is 14.5 Å². The van der Waals surface area contributed by atoms with E-state index in [1.807, 2.05) is 30.5 Å². The largest absolute Gasteiger partial charge is 0.486 e. The molecule has 0 spiro atoms. The molecule has 1 aliphatic heterocycles. The average Bonchev–Trinajstić information content (AvgIpc) is 3.12. The van der Waals surface area contributed by atoms with Gasteiger partial charge >= 0.3 is 0 Å². The van der Waals surface area contributed by atoms with Crippen molar-refractivity contribution in [1.29, 1.82) is 0 Å². The van der Waals surface area contributed by atoms with E-state index in [0.717, 1.165) is 40.8 Å². The maximum atomic E-state index is 12.9. The first kappa shape index (κ1) is 22.8. The van der Waals surface area contributed by atoms with E-state index in [1.165, 1.54) is 0 Å². The number of nitrogens with one attached hydrogen (secondary N) is 1. The van der Waals surface area contributed by atoms with Gasteiger partial charge in [-0.1, -0.05) is 15.9 Å². The molecule has 5 rings (SSSR count). The number of benzene rings is 2. The predicted molar refractivity (Wildman–Crippen MR) is 129 cm³/mol. The van der Waals surface area contributed by atoms with Gasteiger partial charge in [-0.3, -0.25) is 9.59 Å². The smallest absolute Gasteiger partial charge is 0.300 e. The molecule has 1 aliphatic rings. The molecule has 4 N–H and O–H groups in total. The van der Waals surface area contributed by atoms with E-state index < -0.39 is 5.97 Å². The fourth-order valence-electron chi connectivity index (χ4n) is 3.71. The Morgan fingerprint density at radius 2 is 1.94 bits per heavy atom. The number of H-pyrrole nitrogens is 1. The van der Waals surface area contributed by atoms with Crippen LogP contribution in [0.4, 0.5) is 0 Å². The Morgan fingerprint density at radius 1 is 1.24 bits per heavy atom. The number of aromatic amines is 1. The molecule has 0 unspecified atom stereocenters. The Balaban J connectivity index is 0.000000601. The highest BCUT2D eigenvalue weighted by atomic mass is 79.9. The number of nitrogens with two attached hydrogens (primary N) is 1. The summed E-state index contributed by atoms with van der Waals surface area (Å²) < 4.78 is 14.3. The third kappa shape index (κ3) is 4.86. The normalized spacial score (nSPS) is 12.5. The molecule has 0 amide bonds. The number of carboxylic acids is 1. The van der Waals surface area contributed by atoms with Gasteiger partial charge in [0.2, 0.25) is 0 Å². The molecule has 0 atom stereocenters. The second-order valence-corrected chi connectivity index (χ2v) is 8.40. The molecule has 172 valence electrons. The van der Waals surface area contributed by atoms with Crippen LogP contribution in [-0.4, -0.2) is 45.4 Å². The highest BCUT2D eigenvalue weighted by Gasteiger charge is 2.18. The number of fused-ring (bicyclic) bond motifs is 3. The quantitative estimate of drug-likeness (QED) is 0.379. The van der Waals surface area contributed by atoms with E-state index in [0.29, 0.717) is 48.0 Å². The molecule has 2 aromatic heterocycles. The van der Waals surface area contributed by atoms with E-state index in [2.05, 4.69) is 25.5 Å². The molecule has 0 saturated heterocycles. The molecule has 2 aromatic carbocycles. The monoisotopic (exact) mass is 514 g/mol. The Kier molecular flexibility index (Phi) is 6.66. The molecule has 10 heteroatoms. The number of halogens is 1. The zero-order valence-electron chi connectivity index (χ0n) is 17.9. The van der Waals surface area contributed by atoms with Crippen LogP contribution in [0.3, 0.4) is 0 Å². The van der Waals surface area contributed by atoms with Crippen molar-refractivity contribution < 1.29 is 19.4 Å². The molecule has 33 heavy (non-hydrogen) atoms. The van der Waals surface area contributed by atoms with Crippen LogP contribution < -0.4 is 20.8 Å². The molecule has 0 saturated carbocycles.